The van der Waals surface area contributed by atoms with Gasteiger partial charge in [-0.1, -0.05) is 12.2 Å². The van der Waals surface area contributed by atoms with Gasteiger partial charge in [0.05, 0.1) is 6.61 Å². The summed E-state index contributed by atoms with van der Waals surface area (Å²) in [6, 6.07) is -0.325. The van der Waals surface area contributed by atoms with E-state index in [0.717, 1.165) is 0 Å². The Morgan fingerprint density at radius 2 is 2.57 bits per heavy atom. The number of hydrogen-bond acceptors (Lipinski definition) is 4. The molecule has 74 valence electrons. The highest BCUT2D eigenvalue weighted by Gasteiger charge is 2.29. The number of nitrogens with zero attached hydrogens (tertiary/aromatic N) is 2. The Bertz CT molecular complexity index is 388. The smallest absolute Gasteiger partial charge is 0.329 e. The van der Waals surface area contributed by atoms with Crippen LogP contribution in [0, 0.1) is 0 Å². The van der Waals surface area contributed by atoms with Crippen LogP contribution in [0.4, 0.5) is 0 Å². The molecule has 1 aromatic heterocycles. The molecule has 1 aromatic rings. The number of aromatic nitrogens is 2. The maximum absolute atomic E-state index is 11.3. The summed E-state index contributed by atoms with van der Waals surface area (Å²) >= 11 is 4.82. The molecule has 1 unspecified atom stereocenters. The predicted octanol–water partition coefficient (Wildman–Crippen LogP) is 0.00530. The number of carbonyl (C=O) groups is 1. The van der Waals surface area contributed by atoms with Gasteiger partial charge in [0, 0.05) is 18.8 Å². The number of cyclic esters (lactones) is 1. The van der Waals surface area contributed by atoms with Crippen LogP contribution in [0.3, 0.4) is 0 Å². The monoisotopic (exact) mass is 211 g/mol. The molecule has 2 rings (SSSR count). The van der Waals surface area contributed by atoms with E-state index in [2.05, 4.69) is 4.98 Å². The molecule has 0 aliphatic carbocycles. The van der Waals surface area contributed by atoms with Crippen LogP contribution in [0.25, 0.3) is 0 Å². The van der Waals surface area contributed by atoms with E-state index >= 15 is 0 Å². The van der Waals surface area contributed by atoms with Gasteiger partial charge in [-0.2, -0.15) is 0 Å². The van der Waals surface area contributed by atoms with Crippen molar-refractivity contribution in [1.29, 1.82) is 0 Å². The summed E-state index contributed by atoms with van der Waals surface area (Å²) in [5.41, 5.74) is 5.47. The topological polar surface area (TPSA) is 70.1 Å². The number of imidazole rings is 1. The third-order valence-electron chi connectivity index (χ3n) is 2.13. The van der Waals surface area contributed by atoms with Crippen LogP contribution >= 0.6 is 12.2 Å². The number of ether oxygens (including phenoxy) is 1. The molecule has 0 spiro atoms. The molecule has 1 fully saturated rings. The lowest BCUT2D eigenvalue weighted by Crippen LogP contribution is -2.22. The molecule has 1 aliphatic heterocycles. The zero-order chi connectivity index (χ0) is 10.1. The second-order valence-electron chi connectivity index (χ2n) is 2.99. The Kier molecular flexibility index (Phi) is 2.20. The first-order chi connectivity index (χ1) is 6.70. The Hall–Kier alpha value is -1.43. The molecular weight excluding hydrogens is 202 g/mol. The van der Waals surface area contributed by atoms with Crippen LogP contribution in [-0.2, 0) is 9.53 Å². The first-order valence-electron chi connectivity index (χ1n) is 4.19. The van der Waals surface area contributed by atoms with Gasteiger partial charge in [0.25, 0.3) is 0 Å². The molecule has 0 saturated carbocycles. The van der Waals surface area contributed by atoms with E-state index in [-0.39, 0.29) is 17.0 Å². The van der Waals surface area contributed by atoms with Crippen molar-refractivity contribution in [2.45, 2.75) is 12.5 Å². The van der Waals surface area contributed by atoms with E-state index in [9.17, 15) is 4.79 Å². The molecule has 1 saturated heterocycles. The van der Waals surface area contributed by atoms with Crippen LogP contribution in [0.2, 0.25) is 0 Å². The lowest BCUT2D eigenvalue weighted by Gasteiger charge is -2.10. The molecule has 2 N–H and O–H groups in total. The summed E-state index contributed by atoms with van der Waals surface area (Å²) in [7, 11) is 0. The fourth-order valence-electron chi connectivity index (χ4n) is 1.49. The van der Waals surface area contributed by atoms with Gasteiger partial charge in [-0.25, -0.2) is 9.78 Å². The minimum atomic E-state index is -0.325. The maximum Gasteiger partial charge on any atom is 0.329 e. The molecule has 14 heavy (non-hydrogen) atoms. The second kappa shape index (κ2) is 3.38. The molecule has 1 aliphatic rings. The summed E-state index contributed by atoms with van der Waals surface area (Å²) < 4.78 is 6.52. The molecule has 2 heterocycles. The summed E-state index contributed by atoms with van der Waals surface area (Å²) in [4.78, 5) is 15.5. The summed E-state index contributed by atoms with van der Waals surface area (Å²) in [5, 5.41) is 0. The highest BCUT2D eigenvalue weighted by molar-refractivity contribution is 7.80. The van der Waals surface area contributed by atoms with E-state index in [0.29, 0.717) is 18.9 Å². The molecule has 1 atom stereocenters. The van der Waals surface area contributed by atoms with E-state index in [1.165, 1.54) is 0 Å². The second-order valence-corrected chi connectivity index (χ2v) is 3.43. The van der Waals surface area contributed by atoms with Crippen molar-refractivity contribution in [3.05, 3.63) is 18.2 Å². The van der Waals surface area contributed by atoms with Gasteiger partial charge in [0.15, 0.2) is 5.82 Å². The third kappa shape index (κ3) is 1.37. The summed E-state index contributed by atoms with van der Waals surface area (Å²) in [6.07, 6.45) is 3.90. The van der Waals surface area contributed by atoms with E-state index in [1.807, 2.05) is 0 Å². The van der Waals surface area contributed by atoms with Gasteiger partial charge < -0.3 is 15.0 Å². The molecule has 0 bridgehead atoms. The Morgan fingerprint density at radius 1 is 1.79 bits per heavy atom. The highest BCUT2D eigenvalue weighted by atomic mass is 32.1. The van der Waals surface area contributed by atoms with Crippen LogP contribution < -0.4 is 5.73 Å². The Labute approximate surface area is 85.9 Å². The largest absolute Gasteiger partial charge is 0.464 e. The van der Waals surface area contributed by atoms with E-state index in [1.54, 1.807) is 17.0 Å². The number of hydrogen-bond donors (Lipinski definition) is 1. The van der Waals surface area contributed by atoms with Crippen LogP contribution in [0.15, 0.2) is 12.4 Å². The molecule has 5 nitrogen and oxygen atoms in total. The first kappa shape index (κ1) is 9.14. The lowest BCUT2D eigenvalue weighted by atomic mass is 10.2. The van der Waals surface area contributed by atoms with Crippen LogP contribution in [0.1, 0.15) is 18.3 Å². The van der Waals surface area contributed by atoms with Crippen LogP contribution in [0.5, 0.6) is 0 Å². The van der Waals surface area contributed by atoms with Gasteiger partial charge in [-0.15, -0.1) is 0 Å². The number of rotatable bonds is 2. The van der Waals surface area contributed by atoms with Gasteiger partial charge in [-0.05, 0) is 0 Å². The van der Waals surface area contributed by atoms with Gasteiger partial charge in [0.1, 0.15) is 11.0 Å². The quantitative estimate of drug-likeness (QED) is 0.551. The lowest BCUT2D eigenvalue weighted by molar-refractivity contribution is -0.140. The average Bonchev–Trinajstić information content (AvgIpc) is 2.70. The average molecular weight is 211 g/mol. The van der Waals surface area contributed by atoms with Crippen molar-refractivity contribution in [3.8, 4) is 0 Å². The zero-order valence-electron chi connectivity index (χ0n) is 7.34. The summed E-state index contributed by atoms with van der Waals surface area (Å²) in [6.45, 7) is 0.443. The Morgan fingerprint density at radius 3 is 3.14 bits per heavy atom. The predicted molar refractivity (Wildman–Crippen MR) is 52.7 cm³/mol. The number of nitrogens with two attached hydrogens (primary N) is 1. The van der Waals surface area contributed by atoms with Crippen molar-refractivity contribution >= 4 is 23.2 Å². The van der Waals surface area contributed by atoms with Gasteiger partial charge >= 0.3 is 5.97 Å². The minimum Gasteiger partial charge on any atom is -0.464 e. The molecule has 0 radical (unpaired) electrons. The van der Waals surface area contributed by atoms with Crippen LogP contribution in [-0.4, -0.2) is 27.1 Å². The highest BCUT2D eigenvalue weighted by Crippen LogP contribution is 2.21. The Balaban J connectivity index is 2.35. The minimum absolute atomic E-state index is 0.190. The SMILES string of the molecule is NC(=S)c1nccn1C1CCOC1=O. The van der Waals surface area contributed by atoms with Gasteiger partial charge in [0.2, 0.25) is 0 Å². The summed E-state index contributed by atoms with van der Waals surface area (Å²) in [5.74, 6) is 0.212. The van der Waals surface area contributed by atoms with Crippen molar-refractivity contribution in [1.82, 2.24) is 9.55 Å². The van der Waals surface area contributed by atoms with Crippen molar-refractivity contribution in [3.63, 3.8) is 0 Å². The molecule has 6 heteroatoms. The molecule has 0 amide bonds. The zero-order valence-corrected chi connectivity index (χ0v) is 8.16. The van der Waals surface area contributed by atoms with Gasteiger partial charge in [-0.3, -0.25) is 0 Å². The van der Waals surface area contributed by atoms with Crippen molar-refractivity contribution in [2.24, 2.45) is 5.73 Å². The molecule has 0 aromatic carbocycles. The number of thiocarbonyl (C=S) groups is 1. The fourth-order valence-corrected chi connectivity index (χ4v) is 1.65. The first-order valence-corrected chi connectivity index (χ1v) is 4.60. The maximum atomic E-state index is 11.3. The van der Waals surface area contributed by atoms with E-state index in [4.69, 9.17) is 22.7 Å². The van der Waals surface area contributed by atoms with E-state index < -0.39 is 0 Å². The third-order valence-corrected chi connectivity index (χ3v) is 2.32. The number of carbonyl (C=O) groups excluding carboxylic acids is 1. The molecular formula is C8H9N3O2S. The van der Waals surface area contributed by atoms with Crippen molar-refractivity contribution in [2.75, 3.05) is 6.61 Å². The fraction of sp³-hybridized carbons (Fsp3) is 0.375. The standard InChI is InChI=1S/C8H9N3O2S/c9-6(14)7-10-2-3-11(7)5-1-4-13-8(5)12/h2-3,5H,1,4H2,(H2,9,14). The number of esters is 1. The normalized spacial score (nSPS) is 20.9. The van der Waals surface area contributed by atoms with Crippen molar-refractivity contribution < 1.29 is 9.53 Å².